The smallest absolute Gasteiger partial charge is 0.230 e. The van der Waals surface area contributed by atoms with Crippen LogP contribution in [0.3, 0.4) is 0 Å². The number of amides is 2. The zero-order chi connectivity index (χ0) is 12.8. The van der Waals surface area contributed by atoms with Crippen LogP contribution in [0.1, 0.15) is 20.3 Å². The number of benzene rings is 1. The van der Waals surface area contributed by atoms with Gasteiger partial charge in [-0.3, -0.25) is 9.59 Å². The van der Waals surface area contributed by atoms with Gasteiger partial charge in [-0.05, 0) is 31.2 Å². The van der Waals surface area contributed by atoms with Crippen molar-refractivity contribution in [2.24, 2.45) is 0 Å². The molecule has 5 heteroatoms. The van der Waals surface area contributed by atoms with E-state index in [0.717, 1.165) is 0 Å². The normalized spacial score (nSPS) is 9.53. The number of hydrogen-bond acceptors (Lipinski definition) is 3. The minimum atomic E-state index is -0.218. The largest absolute Gasteiger partial charge is 0.326 e. The van der Waals surface area contributed by atoms with Crippen LogP contribution in [0.2, 0.25) is 0 Å². The van der Waals surface area contributed by atoms with Gasteiger partial charge in [-0.25, -0.2) is 0 Å². The van der Waals surface area contributed by atoms with Gasteiger partial charge in [-0.2, -0.15) is 0 Å². The van der Waals surface area contributed by atoms with Crippen molar-refractivity contribution in [1.82, 2.24) is 0 Å². The van der Waals surface area contributed by atoms with E-state index in [1.165, 1.54) is 6.92 Å². The third-order valence-electron chi connectivity index (χ3n) is 1.91. The zero-order valence-corrected chi connectivity index (χ0v) is 9.83. The Hall–Kier alpha value is -2.17. The molecule has 1 aromatic rings. The second-order valence-electron chi connectivity index (χ2n) is 3.76. The molecule has 0 aliphatic carbocycles. The average molecular weight is 233 g/mol. The van der Waals surface area contributed by atoms with Crippen LogP contribution < -0.4 is 10.6 Å². The molecule has 0 aliphatic rings. The highest BCUT2D eigenvalue weighted by molar-refractivity contribution is 6.04. The van der Waals surface area contributed by atoms with Crippen LogP contribution in [0.4, 0.5) is 11.4 Å². The lowest BCUT2D eigenvalue weighted by Crippen LogP contribution is -2.14. The summed E-state index contributed by atoms with van der Waals surface area (Å²) in [5.41, 5.74) is 1.64. The monoisotopic (exact) mass is 233 g/mol. The van der Waals surface area contributed by atoms with Gasteiger partial charge in [0.1, 0.15) is 0 Å². The average Bonchev–Trinajstić information content (AvgIpc) is 2.18. The molecule has 5 nitrogen and oxygen atoms in total. The quantitative estimate of drug-likeness (QED) is 0.695. The maximum absolute atomic E-state index is 11.4. The topological polar surface area (TPSA) is 82.1 Å². The van der Waals surface area contributed by atoms with Crippen LogP contribution in [0, 0.1) is 5.41 Å². The summed E-state index contributed by atoms with van der Waals surface area (Å²) in [6, 6.07) is 6.80. The van der Waals surface area contributed by atoms with Crippen molar-refractivity contribution in [3.05, 3.63) is 24.3 Å². The Morgan fingerprint density at radius 1 is 1.06 bits per heavy atom. The fourth-order valence-corrected chi connectivity index (χ4v) is 1.29. The van der Waals surface area contributed by atoms with E-state index >= 15 is 0 Å². The molecule has 2 amide bonds. The summed E-state index contributed by atoms with van der Waals surface area (Å²) in [6.07, 6.45) is 0.0907. The van der Waals surface area contributed by atoms with Crippen molar-refractivity contribution >= 4 is 28.9 Å². The van der Waals surface area contributed by atoms with Gasteiger partial charge < -0.3 is 16.0 Å². The maximum Gasteiger partial charge on any atom is 0.230 e. The predicted octanol–water partition coefficient (Wildman–Crippen LogP) is 2.01. The van der Waals surface area contributed by atoms with Crippen molar-refractivity contribution in [2.45, 2.75) is 20.3 Å². The molecule has 0 aromatic heterocycles. The Balaban J connectivity index is 2.59. The SMILES string of the molecule is CC(=N)CC(=O)Nc1ccc(NC(C)=O)cc1. The van der Waals surface area contributed by atoms with E-state index in [0.29, 0.717) is 17.1 Å². The van der Waals surface area contributed by atoms with Gasteiger partial charge in [0.05, 0.1) is 6.42 Å². The van der Waals surface area contributed by atoms with E-state index in [1.807, 2.05) is 0 Å². The fraction of sp³-hybridized carbons (Fsp3) is 0.250. The van der Waals surface area contributed by atoms with Crippen molar-refractivity contribution in [1.29, 1.82) is 5.41 Å². The van der Waals surface area contributed by atoms with Crippen LogP contribution in [-0.2, 0) is 9.59 Å². The summed E-state index contributed by atoms with van der Waals surface area (Å²) in [5.74, 6) is -0.356. The van der Waals surface area contributed by atoms with Crippen molar-refractivity contribution in [2.75, 3.05) is 10.6 Å². The molecular weight excluding hydrogens is 218 g/mol. The molecule has 0 bridgehead atoms. The molecule has 1 rings (SSSR count). The molecule has 0 unspecified atom stereocenters. The second kappa shape index (κ2) is 5.79. The Labute approximate surface area is 99.7 Å². The summed E-state index contributed by atoms with van der Waals surface area (Å²) in [6.45, 7) is 3.02. The van der Waals surface area contributed by atoms with Crippen molar-refractivity contribution < 1.29 is 9.59 Å². The number of rotatable bonds is 4. The molecule has 17 heavy (non-hydrogen) atoms. The highest BCUT2D eigenvalue weighted by atomic mass is 16.2. The Bertz CT molecular complexity index is 438. The Morgan fingerprint density at radius 2 is 1.53 bits per heavy atom. The predicted molar refractivity (Wildman–Crippen MR) is 67.4 cm³/mol. The highest BCUT2D eigenvalue weighted by Gasteiger charge is 2.03. The van der Waals surface area contributed by atoms with Gasteiger partial charge in [-0.1, -0.05) is 0 Å². The zero-order valence-electron chi connectivity index (χ0n) is 9.83. The van der Waals surface area contributed by atoms with E-state index in [1.54, 1.807) is 31.2 Å². The summed E-state index contributed by atoms with van der Waals surface area (Å²) in [7, 11) is 0. The number of anilines is 2. The molecule has 0 saturated heterocycles. The van der Waals surface area contributed by atoms with E-state index in [-0.39, 0.29) is 18.2 Å². The molecule has 90 valence electrons. The number of nitrogens with one attached hydrogen (secondary N) is 3. The molecule has 0 fully saturated rings. The molecular formula is C12H15N3O2. The second-order valence-corrected chi connectivity index (χ2v) is 3.76. The Kier molecular flexibility index (Phi) is 4.39. The molecule has 0 atom stereocenters. The fourth-order valence-electron chi connectivity index (χ4n) is 1.29. The van der Waals surface area contributed by atoms with Crippen LogP contribution in [0.15, 0.2) is 24.3 Å². The number of carbonyl (C=O) groups excluding carboxylic acids is 2. The van der Waals surface area contributed by atoms with Gasteiger partial charge >= 0.3 is 0 Å². The van der Waals surface area contributed by atoms with Gasteiger partial charge in [0.15, 0.2) is 0 Å². The van der Waals surface area contributed by atoms with Gasteiger partial charge in [-0.15, -0.1) is 0 Å². The molecule has 0 heterocycles. The molecule has 0 spiro atoms. The van der Waals surface area contributed by atoms with Crippen LogP contribution in [0.5, 0.6) is 0 Å². The van der Waals surface area contributed by atoms with E-state index in [4.69, 9.17) is 5.41 Å². The summed E-state index contributed by atoms with van der Waals surface area (Å²) in [4.78, 5) is 22.2. The molecule has 1 aromatic carbocycles. The molecule has 3 N–H and O–H groups in total. The van der Waals surface area contributed by atoms with E-state index in [9.17, 15) is 9.59 Å². The van der Waals surface area contributed by atoms with Crippen molar-refractivity contribution in [3.8, 4) is 0 Å². The number of carbonyl (C=O) groups is 2. The van der Waals surface area contributed by atoms with E-state index < -0.39 is 0 Å². The summed E-state index contributed by atoms with van der Waals surface area (Å²) >= 11 is 0. The lowest BCUT2D eigenvalue weighted by molar-refractivity contribution is -0.115. The van der Waals surface area contributed by atoms with Gasteiger partial charge in [0, 0.05) is 24.0 Å². The molecule has 0 saturated carbocycles. The molecule has 0 radical (unpaired) electrons. The highest BCUT2D eigenvalue weighted by Crippen LogP contribution is 2.13. The number of hydrogen-bond donors (Lipinski definition) is 3. The van der Waals surface area contributed by atoms with E-state index in [2.05, 4.69) is 10.6 Å². The first-order valence-corrected chi connectivity index (χ1v) is 5.19. The maximum atomic E-state index is 11.4. The summed E-state index contributed by atoms with van der Waals surface area (Å²) < 4.78 is 0. The Morgan fingerprint density at radius 3 is 1.94 bits per heavy atom. The standard InChI is InChI=1S/C12H15N3O2/c1-8(13)7-12(17)15-11-5-3-10(4-6-11)14-9(2)16/h3-6,13H,7H2,1-2H3,(H,14,16)(H,15,17). The molecule has 0 aliphatic heterocycles. The minimum Gasteiger partial charge on any atom is -0.326 e. The third kappa shape index (κ3) is 4.92. The van der Waals surface area contributed by atoms with Gasteiger partial charge in [0.2, 0.25) is 11.8 Å². The lowest BCUT2D eigenvalue weighted by Gasteiger charge is -2.06. The van der Waals surface area contributed by atoms with Gasteiger partial charge in [0.25, 0.3) is 0 Å². The first kappa shape index (κ1) is 12.9. The van der Waals surface area contributed by atoms with Crippen molar-refractivity contribution in [3.63, 3.8) is 0 Å². The lowest BCUT2D eigenvalue weighted by atomic mass is 10.2. The summed E-state index contributed by atoms with van der Waals surface area (Å²) in [5, 5.41) is 12.5. The van der Waals surface area contributed by atoms with Crippen LogP contribution in [0.25, 0.3) is 0 Å². The first-order chi connectivity index (χ1) is 7.97. The third-order valence-corrected chi connectivity index (χ3v) is 1.91. The first-order valence-electron chi connectivity index (χ1n) is 5.19. The minimum absolute atomic E-state index is 0.0907. The van der Waals surface area contributed by atoms with Crippen LogP contribution >= 0.6 is 0 Å². The van der Waals surface area contributed by atoms with Crippen LogP contribution in [-0.4, -0.2) is 17.5 Å².